The molecule has 2 aromatic rings. The molecule has 0 bridgehead atoms. The predicted octanol–water partition coefficient (Wildman–Crippen LogP) is 2.12. The highest BCUT2D eigenvalue weighted by Crippen LogP contribution is 2.17. The zero-order valence-electron chi connectivity index (χ0n) is 8.77. The van der Waals surface area contributed by atoms with Crippen molar-refractivity contribution in [3.8, 4) is 0 Å². The Morgan fingerprint density at radius 3 is 3.00 bits per heavy atom. The lowest BCUT2D eigenvalue weighted by Gasteiger charge is -2.10. The molecule has 0 saturated carbocycles. The quantitative estimate of drug-likeness (QED) is 0.835. The molecule has 82 valence electrons. The molecule has 4 heteroatoms. The van der Waals surface area contributed by atoms with Crippen molar-refractivity contribution in [1.29, 1.82) is 0 Å². The van der Waals surface area contributed by atoms with E-state index >= 15 is 0 Å². The highest BCUT2D eigenvalue weighted by molar-refractivity contribution is 5.80. The monoisotopic (exact) mass is 216 g/mol. The van der Waals surface area contributed by atoms with Crippen molar-refractivity contribution in [2.24, 2.45) is 0 Å². The first-order valence-electron chi connectivity index (χ1n) is 5.31. The minimum atomic E-state index is -0.223. The second-order valence-corrected chi connectivity index (χ2v) is 3.92. The van der Waals surface area contributed by atoms with Gasteiger partial charge < -0.3 is 9.72 Å². The number of hydrogen-bond donors (Lipinski definition) is 1. The van der Waals surface area contributed by atoms with Crippen LogP contribution >= 0.6 is 0 Å². The first-order chi connectivity index (χ1) is 7.83. The third-order valence-corrected chi connectivity index (χ3v) is 2.79. The van der Waals surface area contributed by atoms with Crippen molar-refractivity contribution in [2.45, 2.75) is 6.54 Å². The summed E-state index contributed by atoms with van der Waals surface area (Å²) < 4.78 is 4.88. The second kappa shape index (κ2) is 3.56. The van der Waals surface area contributed by atoms with Gasteiger partial charge in [0, 0.05) is 11.2 Å². The van der Waals surface area contributed by atoms with E-state index in [1.807, 2.05) is 18.2 Å². The number of nitrogens with one attached hydrogen (secondary N) is 1. The fourth-order valence-electron chi connectivity index (χ4n) is 1.99. The molecule has 0 atom stereocenters. The number of aromatic amines is 1. The molecule has 0 radical (unpaired) electrons. The van der Waals surface area contributed by atoms with Gasteiger partial charge in [0.1, 0.15) is 6.61 Å². The zero-order valence-corrected chi connectivity index (χ0v) is 8.77. The van der Waals surface area contributed by atoms with Gasteiger partial charge in [0.25, 0.3) is 0 Å². The molecule has 1 aliphatic heterocycles. The molecule has 1 fully saturated rings. The molecule has 0 spiro atoms. The van der Waals surface area contributed by atoms with Gasteiger partial charge in [-0.1, -0.05) is 18.2 Å². The number of aromatic nitrogens is 1. The van der Waals surface area contributed by atoms with Gasteiger partial charge in [-0.2, -0.15) is 0 Å². The Morgan fingerprint density at radius 1 is 1.38 bits per heavy atom. The molecule has 0 aliphatic carbocycles. The summed E-state index contributed by atoms with van der Waals surface area (Å²) in [6.45, 7) is 1.76. The lowest BCUT2D eigenvalue weighted by molar-refractivity contribution is 0.157. The summed E-state index contributed by atoms with van der Waals surface area (Å²) in [5.74, 6) is 0. The fourth-order valence-corrected chi connectivity index (χ4v) is 1.99. The van der Waals surface area contributed by atoms with Crippen LogP contribution in [0.15, 0.2) is 30.3 Å². The molecule has 0 unspecified atom stereocenters. The Labute approximate surface area is 92.8 Å². The lowest BCUT2D eigenvalue weighted by atomic mass is 10.2. The number of amides is 1. The minimum absolute atomic E-state index is 0.223. The van der Waals surface area contributed by atoms with E-state index < -0.39 is 0 Å². The molecular weight excluding hydrogens is 204 g/mol. The van der Waals surface area contributed by atoms with Gasteiger partial charge in [0.2, 0.25) is 0 Å². The third kappa shape index (κ3) is 1.52. The van der Waals surface area contributed by atoms with Crippen LogP contribution in [0.1, 0.15) is 5.69 Å². The van der Waals surface area contributed by atoms with E-state index in [-0.39, 0.29) is 6.09 Å². The number of carbonyl (C=O) groups is 1. The van der Waals surface area contributed by atoms with Crippen LogP contribution in [-0.2, 0) is 11.3 Å². The van der Waals surface area contributed by atoms with Gasteiger partial charge in [-0.15, -0.1) is 0 Å². The highest BCUT2D eigenvalue weighted by atomic mass is 16.6. The smallest absolute Gasteiger partial charge is 0.410 e. The van der Waals surface area contributed by atoms with Crippen molar-refractivity contribution in [1.82, 2.24) is 9.88 Å². The van der Waals surface area contributed by atoms with Crippen LogP contribution in [0.4, 0.5) is 4.79 Å². The van der Waals surface area contributed by atoms with Crippen molar-refractivity contribution in [3.63, 3.8) is 0 Å². The molecule has 1 aromatic carbocycles. The number of carbonyl (C=O) groups excluding carboxylic acids is 1. The molecule has 16 heavy (non-hydrogen) atoms. The number of benzene rings is 1. The summed E-state index contributed by atoms with van der Waals surface area (Å²) in [4.78, 5) is 16.3. The van der Waals surface area contributed by atoms with Crippen LogP contribution in [0.3, 0.4) is 0 Å². The van der Waals surface area contributed by atoms with Crippen LogP contribution < -0.4 is 0 Å². The standard InChI is InChI=1S/C12H12N2O2/c15-12-14(5-6-16-12)8-10-7-9-3-1-2-4-11(9)13-10/h1-4,7,13H,5-6,8H2. The Balaban J connectivity index is 1.86. The summed E-state index contributed by atoms with van der Waals surface area (Å²) >= 11 is 0. The normalized spacial score (nSPS) is 15.8. The van der Waals surface area contributed by atoms with Crippen LogP contribution in [-0.4, -0.2) is 29.1 Å². The van der Waals surface area contributed by atoms with Crippen LogP contribution in [0, 0.1) is 0 Å². The van der Waals surface area contributed by atoms with E-state index in [2.05, 4.69) is 17.1 Å². The summed E-state index contributed by atoms with van der Waals surface area (Å²) in [6, 6.07) is 10.1. The number of H-pyrrole nitrogens is 1. The molecule has 4 nitrogen and oxygen atoms in total. The first-order valence-corrected chi connectivity index (χ1v) is 5.31. The molecule has 3 rings (SSSR count). The van der Waals surface area contributed by atoms with E-state index in [1.54, 1.807) is 4.90 Å². The number of nitrogens with zero attached hydrogens (tertiary/aromatic N) is 1. The number of fused-ring (bicyclic) bond motifs is 1. The van der Waals surface area contributed by atoms with Gasteiger partial charge in [-0.25, -0.2) is 4.79 Å². The molecule has 1 aliphatic rings. The minimum Gasteiger partial charge on any atom is -0.448 e. The van der Waals surface area contributed by atoms with E-state index in [4.69, 9.17) is 4.74 Å². The maximum atomic E-state index is 11.3. The van der Waals surface area contributed by atoms with E-state index in [0.717, 1.165) is 11.2 Å². The topological polar surface area (TPSA) is 45.3 Å². The molecular formula is C12H12N2O2. The van der Waals surface area contributed by atoms with E-state index in [0.29, 0.717) is 19.7 Å². The number of para-hydroxylation sites is 1. The third-order valence-electron chi connectivity index (χ3n) is 2.79. The predicted molar refractivity (Wildman–Crippen MR) is 60.1 cm³/mol. The Kier molecular flexibility index (Phi) is 2.06. The largest absolute Gasteiger partial charge is 0.448 e. The average Bonchev–Trinajstić information content (AvgIpc) is 2.85. The first kappa shape index (κ1) is 9.27. The number of cyclic esters (lactones) is 1. The molecule has 1 N–H and O–H groups in total. The zero-order chi connectivity index (χ0) is 11.0. The van der Waals surface area contributed by atoms with Gasteiger partial charge in [-0.3, -0.25) is 4.90 Å². The Bertz CT molecular complexity index is 500. The van der Waals surface area contributed by atoms with Crippen molar-refractivity contribution < 1.29 is 9.53 Å². The second-order valence-electron chi connectivity index (χ2n) is 3.92. The molecule has 1 amide bonds. The summed E-state index contributed by atoms with van der Waals surface area (Å²) in [5, 5.41) is 1.17. The number of rotatable bonds is 2. The van der Waals surface area contributed by atoms with Gasteiger partial charge in [0.15, 0.2) is 0 Å². The maximum absolute atomic E-state index is 11.3. The summed E-state index contributed by atoms with van der Waals surface area (Å²) in [5.41, 5.74) is 2.14. The van der Waals surface area contributed by atoms with Crippen molar-refractivity contribution in [3.05, 3.63) is 36.0 Å². The molecule has 2 heterocycles. The van der Waals surface area contributed by atoms with Crippen molar-refractivity contribution >= 4 is 17.0 Å². The van der Waals surface area contributed by atoms with Crippen LogP contribution in [0.5, 0.6) is 0 Å². The number of ether oxygens (including phenoxy) is 1. The fraction of sp³-hybridized carbons (Fsp3) is 0.250. The van der Waals surface area contributed by atoms with E-state index in [9.17, 15) is 4.79 Å². The average molecular weight is 216 g/mol. The van der Waals surface area contributed by atoms with Gasteiger partial charge >= 0.3 is 6.09 Å². The summed E-state index contributed by atoms with van der Waals surface area (Å²) in [6.07, 6.45) is -0.223. The van der Waals surface area contributed by atoms with Gasteiger partial charge in [-0.05, 0) is 17.5 Å². The van der Waals surface area contributed by atoms with Crippen molar-refractivity contribution in [2.75, 3.05) is 13.2 Å². The SMILES string of the molecule is O=C1OCCN1Cc1cc2ccccc2[nH]1. The Morgan fingerprint density at radius 2 is 2.25 bits per heavy atom. The number of hydrogen-bond acceptors (Lipinski definition) is 2. The van der Waals surface area contributed by atoms with E-state index in [1.165, 1.54) is 5.39 Å². The van der Waals surface area contributed by atoms with Gasteiger partial charge in [0.05, 0.1) is 13.1 Å². The molecule has 1 saturated heterocycles. The Hall–Kier alpha value is -1.97. The molecule has 1 aromatic heterocycles. The van der Waals surface area contributed by atoms with Crippen LogP contribution in [0.25, 0.3) is 10.9 Å². The van der Waals surface area contributed by atoms with Crippen LogP contribution in [0.2, 0.25) is 0 Å². The lowest BCUT2D eigenvalue weighted by Crippen LogP contribution is -2.23. The highest BCUT2D eigenvalue weighted by Gasteiger charge is 2.22. The maximum Gasteiger partial charge on any atom is 0.410 e. The summed E-state index contributed by atoms with van der Waals surface area (Å²) in [7, 11) is 0.